The number of anilines is 2. The Morgan fingerprint density at radius 2 is 1.52 bits per heavy atom. The van der Waals surface area contributed by atoms with E-state index in [2.05, 4.69) is 34.6 Å². The molecular formula is C16H21N7. The zero-order chi connectivity index (χ0) is 15.6. The summed E-state index contributed by atoms with van der Waals surface area (Å²) in [6.07, 6.45) is 7.14. The van der Waals surface area contributed by atoms with E-state index in [1.807, 2.05) is 25.4 Å². The summed E-state index contributed by atoms with van der Waals surface area (Å²) in [5.74, 6) is 1.87. The van der Waals surface area contributed by atoms with Gasteiger partial charge >= 0.3 is 0 Å². The predicted molar refractivity (Wildman–Crippen MR) is 88.6 cm³/mol. The van der Waals surface area contributed by atoms with E-state index in [4.69, 9.17) is 0 Å². The number of nitrogens with zero attached hydrogens (tertiary/aromatic N) is 7. The fourth-order valence-corrected chi connectivity index (χ4v) is 3.31. The molecule has 7 nitrogen and oxygen atoms in total. The lowest BCUT2D eigenvalue weighted by Crippen LogP contribution is -2.63. The van der Waals surface area contributed by atoms with Gasteiger partial charge in [-0.3, -0.25) is 9.88 Å². The van der Waals surface area contributed by atoms with Gasteiger partial charge in [0.15, 0.2) is 0 Å². The molecule has 120 valence electrons. The molecule has 0 amide bonds. The molecule has 0 aliphatic carbocycles. The van der Waals surface area contributed by atoms with Crippen LogP contribution in [0.5, 0.6) is 0 Å². The summed E-state index contributed by atoms with van der Waals surface area (Å²) in [4.78, 5) is 24.6. The second kappa shape index (κ2) is 6.08. The van der Waals surface area contributed by atoms with Crippen molar-refractivity contribution in [3.8, 4) is 0 Å². The third-order valence-electron chi connectivity index (χ3n) is 4.68. The fourth-order valence-electron chi connectivity index (χ4n) is 3.31. The highest BCUT2D eigenvalue weighted by Crippen LogP contribution is 2.24. The Balaban J connectivity index is 1.30. The molecule has 0 radical (unpaired) electrons. The lowest BCUT2D eigenvalue weighted by molar-refractivity contribution is 0.156. The van der Waals surface area contributed by atoms with Crippen LogP contribution in [0.3, 0.4) is 0 Å². The monoisotopic (exact) mass is 311 g/mol. The van der Waals surface area contributed by atoms with Crippen molar-refractivity contribution in [3.63, 3.8) is 0 Å². The van der Waals surface area contributed by atoms with Crippen molar-refractivity contribution < 1.29 is 0 Å². The van der Waals surface area contributed by atoms with E-state index >= 15 is 0 Å². The Morgan fingerprint density at radius 1 is 0.826 bits per heavy atom. The SMILES string of the molecule is Cc1nccnc1N1CC(N2CCN(c3ncccn3)CC2)C1. The molecule has 0 unspecified atom stereocenters. The number of hydrogen-bond donors (Lipinski definition) is 0. The van der Waals surface area contributed by atoms with E-state index in [1.165, 1.54) is 0 Å². The quantitative estimate of drug-likeness (QED) is 0.822. The minimum atomic E-state index is 0.621. The molecule has 2 aliphatic heterocycles. The van der Waals surface area contributed by atoms with Crippen molar-refractivity contribution in [1.82, 2.24) is 24.8 Å². The summed E-state index contributed by atoms with van der Waals surface area (Å²) in [7, 11) is 0. The second-order valence-corrected chi connectivity index (χ2v) is 6.10. The van der Waals surface area contributed by atoms with E-state index in [9.17, 15) is 0 Å². The Labute approximate surface area is 136 Å². The van der Waals surface area contributed by atoms with E-state index in [-0.39, 0.29) is 0 Å². The molecule has 0 saturated carbocycles. The van der Waals surface area contributed by atoms with E-state index in [1.54, 1.807) is 12.4 Å². The van der Waals surface area contributed by atoms with Crippen molar-refractivity contribution in [2.45, 2.75) is 13.0 Å². The Hall–Kier alpha value is -2.28. The van der Waals surface area contributed by atoms with Crippen molar-refractivity contribution in [3.05, 3.63) is 36.5 Å². The lowest BCUT2D eigenvalue weighted by atomic mass is 10.1. The average molecular weight is 311 g/mol. The van der Waals surface area contributed by atoms with E-state index < -0.39 is 0 Å². The molecule has 0 atom stereocenters. The number of aryl methyl sites for hydroxylation is 1. The summed E-state index contributed by atoms with van der Waals surface area (Å²) < 4.78 is 0. The van der Waals surface area contributed by atoms with Crippen LogP contribution in [-0.4, -0.2) is 70.1 Å². The lowest BCUT2D eigenvalue weighted by Gasteiger charge is -2.48. The van der Waals surface area contributed by atoms with Gasteiger partial charge in [0.25, 0.3) is 0 Å². The van der Waals surface area contributed by atoms with Crippen molar-refractivity contribution >= 4 is 11.8 Å². The summed E-state index contributed by atoms with van der Waals surface area (Å²) in [5.41, 5.74) is 1.01. The van der Waals surface area contributed by atoms with Gasteiger partial charge in [-0.2, -0.15) is 0 Å². The molecule has 23 heavy (non-hydrogen) atoms. The maximum absolute atomic E-state index is 4.45. The van der Waals surface area contributed by atoms with Gasteiger partial charge in [-0.05, 0) is 13.0 Å². The van der Waals surface area contributed by atoms with Gasteiger partial charge in [0, 0.05) is 70.1 Å². The maximum atomic E-state index is 4.45. The number of rotatable bonds is 3. The highest BCUT2D eigenvalue weighted by Gasteiger charge is 2.35. The van der Waals surface area contributed by atoms with Crippen LogP contribution in [0, 0.1) is 6.92 Å². The first-order valence-corrected chi connectivity index (χ1v) is 8.10. The standard InChI is InChI=1S/C16H21N7/c1-13-15(18-6-5-17-13)23-11-14(12-23)21-7-9-22(10-8-21)16-19-3-2-4-20-16/h2-6,14H,7-12H2,1H3. The smallest absolute Gasteiger partial charge is 0.225 e. The van der Waals surface area contributed by atoms with Crippen molar-refractivity contribution in [2.24, 2.45) is 0 Å². The first-order valence-electron chi connectivity index (χ1n) is 8.10. The Bertz CT molecular complexity index is 648. The van der Waals surface area contributed by atoms with Crippen LogP contribution in [0.15, 0.2) is 30.9 Å². The number of piperazine rings is 1. The Morgan fingerprint density at radius 3 is 2.22 bits per heavy atom. The van der Waals surface area contributed by atoms with Gasteiger partial charge in [-0.25, -0.2) is 15.0 Å². The first-order chi connectivity index (χ1) is 11.3. The third kappa shape index (κ3) is 2.84. The van der Waals surface area contributed by atoms with Crippen LogP contribution in [-0.2, 0) is 0 Å². The van der Waals surface area contributed by atoms with Crippen LogP contribution < -0.4 is 9.80 Å². The van der Waals surface area contributed by atoms with Gasteiger partial charge in [-0.15, -0.1) is 0 Å². The molecule has 0 N–H and O–H groups in total. The first kappa shape index (κ1) is 14.3. The molecular weight excluding hydrogens is 290 g/mol. The van der Waals surface area contributed by atoms with Crippen LogP contribution in [0.25, 0.3) is 0 Å². The summed E-state index contributed by atoms with van der Waals surface area (Å²) in [6.45, 7) is 8.22. The summed E-state index contributed by atoms with van der Waals surface area (Å²) >= 11 is 0. The van der Waals surface area contributed by atoms with Gasteiger partial charge in [0.05, 0.1) is 5.69 Å². The minimum Gasteiger partial charge on any atom is -0.352 e. The molecule has 2 aliphatic rings. The average Bonchev–Trinajstić information content (AvgIpc) is 2.57. The van der Waals surface area contributed by atoms with Crippen LogP contribution in [0.2, 0.25) is 0 Å². The topological polar surface area (TPSA) is 61.3 Å². The second-order valence-electron chi connectivity index (χ2n) is 6.10. The molecule has 4 rings (SSSR count). The number of hydrogen-bond acceptors (Lipinski definition) is 7. The van der Waals surface area contributed by atoms with Crippen molar-refractivity contribution in [2.75, 3.05) is 49.1 Å². The van der Waals surface area contributed by atoms with E-state index in [0.717, 1.165) is 56.7 Å². The highest BCUT2D eigenvalue weighted by molar-refractivity contribution is 5.46. The Kier molecular flexibility index (Phi) is 3.78. The zero-order valence-electron chi connectivity index (χ0n) is 13.3. The molecule has 0 bridgehead atoms. The molecule has 7 heteroatoms. The molecule has 2 saturated heterocycles. The number of aromatic nitrogens is 4. The molecule has 2 aromatic rings. The summed E-state index contributed by atoms with van der Waals surface area (Å²) in [5, 5.41) is 0. The molecule has 4 heterocycles. The minimum absolute atomic E-state index is 0.621. The van der Waals surface area contributed by atoms with Crippen molar-refractivity contribution in [1.29, 1.82) is 0 Å². The molecule has 2 aromatic heterocycles. The zero-order valence-corrected chi connectivity index (χ0v) is 13.3. The predicted octanol–water partition coefficient (Wildman–Crippen LogP) is 0.586. The van der Waals surface area contributed by atoms with Gasteiger partial charge < -0.3 is 9.80 Å². The normalized spacial score (nSPS) is 19.7. The third-order valence-corrected chi connectivity index (χ3v) is 4.68. The largest absolute Gasteiger partial charge is 0.352 e. The van der Waals surface area contributed by atoms with Gasteiger partial charge in [0.2, 0.25) is 5.95 Å². The molecule has 2 fully saturated rings. The fraction of sp³-hybridized carbons (Fsp3) is 0.500. The van der Waals surface area contributed by atoms with Crippen LogP contribution in [0.1, 0.15) is 5.69 Å². The van der Waals surface area contributed by atoms with Crippen LogP contribution in [0.4, 0.5) is 11.8 Å². The highest BCUT2D eigenvalue weighted by atomic mass is 15.4. The molecule has 0 aromatic carbocycles. The maximum Gasteiger partial charge on any atom is 0.225 e. The summed E-state index contributed by atoms with van der Waals surface area (Å²) in [6, 6.07) is 2.48. The van der Waals surface area contributed by atoms with Gasteiger partial charge in [-0.1, -0.05) is 0 Å². The molecule has 0 spiro atoms. The van der Waals surface area contributed by atoms with Crippen LogP contribution >= 0.6 is 0 Å². The van der Waals surface area contributed by atoms with Gasteiger partial charge in [0.1, 0.15) is 5.82 Å². The van der Waals surface area contributed by atoms with E-state index in [0.29, 0.717) is 6.04 Å².